The summed E-state index contributed by atoms with van der Waals surface area (Å²) in [6, 6.07) is 15.1. The van der Waals surface area contributed by atoms with Gasteiger partial charge >= 0.3 is 0 Å². The first-order chi connectivity index (χ1) is 12.7. The first kappa shape index (κ1) is 19.0. The van der Waals surface area contributed by atoms with Crippen molar-refractivity contribution in [1.29, 1.82) is 0 Å². The van der Waals surface area contributed by atoms with E-state index >= 15 is 0 Å². The number of rotatable bonds is 8. The average Bonchev–Trinajstić information content (AvgIpc) is 2.65. The topological polar surface area (TPSA) is 93.6 Å². The average molecular weight is 353 g/mol. The van der Waals surface area contributed by atoms with Crippen LogP contribution in [0.4, 0.5) is 0 Å². The predicted octanol–water partition coefficient (Wildman–Crippen LogP) is 2.76. The molecule has 0 unspecified atom stereocenters. The quantitative estimate of drug-likeness (QED) is 0.433. The molecule has 0 aliphatic carbocycles. The number of ether oxygens (including phenoxy) is 2. The van der Waals surface area contributed by atoms with E-state index in [0.717, 1.165) is 22.6 Å². The van der Waals surface area contributed by atoms with E-state index in [1.54, 1.807) is 12.4 Å². The van der Waals surface area contributed by atoms with Gasteiger partial charge in [-0.05, 0) is 38.1 Å². The third-order valence-electron chi connectivity index (χ3n) is 3.18. The summed E-state index contributed by atoms with van der Waals surface area (Å²) >= 11 is 0. The van der Waals surface area contributed by atoms with Crippen LogP contribution in [-0.4, -0.2) is 31.6 Å². The van der Waals surface area contributed by atoms with Gasteiger partial charge < -0.3 is 15.2 Å². The standard InChI is InChI=1S/C19H23N5O2/c1-3-25-17-11-7-5-9-15(17)13-21-23-19(20)24-22-14-16-10-6-8-12-18(16)26-4-2/h5-14H,3-4H2,1-2H3,(H3,20,23,24)/b21-13-,22-14+. The molecular weight excluding hydrogens is 330 g/mol. The lowest BCUT2D eigenvalue weighted by molar-refractivity contribution is 0.339. The van der Waals surface area contributed by atoms with Gasteiger partial charge in [0, 0.05) is 11.1 Å². The summed E-state index contributed by atoms with van der Waals surface area (Å²) in [5.74, 6) is 1.56. The van der Waals surface area contributed by atoms with E-state index in [1.165, 1.54) is 0 Å². The number of nitrogens with one attached hydrogen (secondary N) is 1. The van der Waals surface area contributed by atoms with Crippen molar-refractivity contribution in [2.24, 2.45) is 21.0 Å². The van der Waals surface area contributed by atoms with Crippen molar-refractivity contribution in [3.8, 4) is 11.5 Å². The lowest BCUT2D eigenvalue weighted by atomic mass is 10.2. The Morgan fingerprint density at radius 1 is 0.923 bits per heavy atom. The second-order valence-corrected chi connectivity index (χ2v) is 5.04. The molecule has 7 nitrogen and oxygen atoms in total. The second kappa shape index (κ2) is 10.5. The molecule has 2 rings (SSSR count). The molecule has 0 aliphatic heterocycles. The van der Waals surface area contributed by atoms with Crippen molar-refractivity contribution in [3.63, 3.8) is 0 Å². The lowest BCUT2D eigenvalue weighted by Crippen LogP contribution is -2.26. The van der Waals surface area contributed by atoms with Gasteiger partial charge in [-0.3, -0.25) is 0 Å². The molecule has 26 heavy (non-hydrogen) atoms. The van der Waals surface area contributed by atoms with Crippen molar-refractivity contribution in [2.45, 2.75) is 13.8 Å². The highest BCUT2D eigenvalue weighted by Gasteiger charge is 1.99. The number of hydrazone groups is 1. The predicted molar refractivity (Wildman–Crippen MR) is 105 cm³/mol. The molecule has 7 heteroatoms. The Morgan fingerprint density at radius 3 is 2.04 bits per heavy atom. The molecule has 0 aliphatic rings. The number of para-hydroxylation sites is 2. The molecule has 0 fully saturated rings. The molecule has 0 amide bonds. The lowest BCUT2D eigenvalue weighted by Gasteiger charge is -2.05. The summed E-state index contributed by atoms with van der Waals surface area (Å²) in [5, 5.41) is 11.9. The van der Waals surface area contributed by atoms with Crippen LogP contribution in [0.25, 0.3) is 0 Å². The van der Waals surface area contributed by atoms with Gasteiger partial charge in [0.2, 0.25) is 5.96 Å². The first-order valence-electron chi connectivity index (χ1n) is 8.33. The summed E-state index contributed by atoms with van der Waals surface area (Å²) in [6.07, 6.45) is 3.19. The molecule has 0 saturated heterocycles. The Bertz CT molecular complexity index is 787. The number of hydrogen-bond acceptors (Lipinski definition) is 5. The minimum Gasteiger partial charge on any atom is -0.493 e. The van der Waals surface area contributed by atoms with Gasteiger partial charge in [-0.15, -0.1) is 5.10 Å². The maximum Gasteiger partial charge on any atom is 0.234 e. The van der Waals surface area contributed by atoms with Crippen LogP contribution in [0.1, 0.15) is 25.0 Å². The zero-order chi connectivity index (χ0) is 18.6. The third kappa shape index (κ3) is 5.94. The smallest absolute Gasteiger partial charge is 0.234 e. The molecule has 0 heterocycles. The molecule has 3 N–H and O–H groups in total. The number of benzene rings is 2. The van der Waals surface area contributed by atoms with E-state index in [2.05, 4.69) is 20.7 Å². The highest BCUT2D eigenvalue weighted by Crippen LogP contribution is 2.16. The van der Waals surface area contributed by atoms with E-state index in [0.29, 0.717) is 13.2 Å². The third-order valence-corrected chi connectivity index (χ3v) is 3.18. The van der Waals surface area contributed by atoms with Gasteiger partial charge in [0.1, 0.15) is 11.5 Å². The van der Waals surface area contributed by atoms with Gasteiger partial charge in [-0.1, -0.05) is 24.3 Å². The van der Waals surface area contributed by atoms with Crippen LogP contribution in [0.5, 0.6) is 11.5 Å². The van der Waals surface area contributed by atoms with E-state index < -0.39 is 0 Å². The zero-order valence-electron chi connectivity index (χ0n) is 14.9. The summed E-state index contributed by atoms with van der Waals surface area (Å²) in [7, 11) is 0. The Labute approximate surface area is 153 Å². The molecule has 0 spiro atoms. The Balaban J connectivity index is 1.97. The highest BCUT2D eigenvalue weighted by atomic mass is 16.5. The molecule has 0 radical (unpaired) electrons. The van der Waals surface area contributed by atoms with Crippen molar-refractivity contribution >= 4 is 18.4 Å². The number of nitrogens with zero attached hydrogens (tertiary/aromatic N) is 3. The summed E-state index contributed by atoms with van der Waals surface area (Å²) < 4.78 is 11.0. The SMILES string of the molecule is CCOc1ccccc1/C=N\N=C(\N)N/N=C/c1ccccc1OCC. The number of nitrogens with two attached hydrogens (primary N) is 1. The minimum atomic E-state index is 0.0697. The molecule has 2 aromatic carbocycles. The van der Waals surface area contributed by atoms with Crippen LogP contribution in [0.3, 0.4) is 0 Å². The minimum absolute atomic E-state index is 0.0697. The van der Waals surface area contributed by atoms with Crippen molar-refractivity contribution in [3.05, 3.63) is 59.7 Å². The molecule has 0 saturated carbocycles. The van der Waals surface area contributed by atoms with Crippen molar-refractivity contribution in [1.82, 2.24) is 5.43 Å². The van der Waals surface area contributed by atoms with Crippen LogP contribution < -0.4 is 20.6 Å². The van der Waals surface area contributed by atoms with Gasteiger partial charge in [0.05, 0.1) is 25.6 Å². The van der Waals surface area contributed by atoms with Crippen LogP contribution in [0.15, 0.2) is 63.8 Å². The van der Waals surface area contributed by atoms with E-state index in [4.69, 9.17) is 15.2 Å². The number of guanidine groups is 1. The van der Waals surface area contributed by atoms with Crippen LogP contribution in [0, 0.1) is 0 Å². The normalized spacial score (nSPS) is 11.8. The summed E-state index contributed by atoms with van der Waals surface area (Å²) in [6.45, 7) is 5.02. The molecule has 136 valence electrons. The summed E-state index contributed by atoms with van der Waals surface area (Å²) in [5.41, 5.74) is 10.0. The van der Waals surface area contributed by atoms with Crippen LogP contribution in [-0.2, 0) is 0 Å². The Hall–Kier alpha value is -3.35. The van der Waals surface area contributed by atoms with Gasteiger partial charge in [0.25, 0.3) is 0 Å². The van der Waals surface area contributed by atoms with E-state index in [9.17, 15) is 0 Å². The van der Waals surface area contributed by atoms with Crippen molar-refractivity contribution < 1.29 is 9.47 Å². The van der Waals surface area contributed by atoms with Crippen molar-refractivity contribution in [2.75, 3.05) is 13.2 Å². The fraction of sp³-hybridized carbons (Fsp3) is 0.211. The van der Waals surface area contributed by atoms with E-state index in [-0.39, 0.29) is 5.96 Å². The fourth-order valence-electron chi connectivity index (χ4n) is 2.09. The van der Waals surface area contributed by atoms with E-state index in [1.807, 2.05) is 62.4 Å². The molecule has 0 aromatic heterocycles. The molecular formula is C19H23N5O2. The van der Waals surface area contributed by atoms with Gasteiger partial charge in [0.15, 0.2) is 0 Å². The second-order valence-electron chi connectivity index (χ2n) is 5.04. The maximum atomic E-state index is 5.74. The van der Waals surface area contributed by atoms with Gasteiger partial charge in [-0.25, -0.2) is 5.43 Å². The largest absolute Gasteiger partial charge is 0.493 e. The first-order valence-corrected chi connectivity index (χ1v) is 8.33. The highest BCUT2D eigenvalue weighted by molar-refractivity contribution is 5.86. The monoisotopic (exact) mass is 353 g/mol. The molecule has 2 aromatic rings. The summed E-state index contributed by atoms with van der Waals surface area (Å²) in [4.78, 5) is 0. The Kier molecular flexibility index (Phi) is 7.67. The maximum absolute atomic E-state index is 5.74. The van der Waals surface area contributed by atoms with Crippen LogP contribution >= 0.6 is 0 Å². The van der Waals surface area contributed by atoms with Gasteiger partial charge in [-0.2, -0.15) is 10.2 Å². The number of hydrogen-bond donors (Lipinski definition) is 2. The molecule has 0 atom stereocenters. The Morgan fingerprint density at radius 2 is 1.46 bits per heavy atom. The molecule has 0 bridgehead atoms. The van der Waals surface area contributed by atoms with Crippen LogP contribution in [0.2, 0.25) is 0 Å². The fourth-order valence-corrected chi connectivity index (χ4v) is 2.09. The zero-order valence-corrected chi connectivity index (χ0v) is 14.9.